The lowest BCUT2D eigenvalue weighted by atomic mass is 10.1. The summed E-state index contributed by atoms with van der Waals surface area (Å²) in [6.07, 6.45) is 0.360. The van der Waals surface area contributed by atoms with E-state index in [0.717, 1.165) is 11.1 Å². The summed E-state index contributed by atoms with van der Waals surface area (Å²) in [6, 6.07) is 5.50. The van der Waals surface area contributed by atoms with Crippen molar-refractivity contribution in [1.82, 2.24) is 0 Å². The maximum Gasteiger partial charge on any atom is 0.315 e. The SMILES string of the molecule is NOCc1ccc2c(c1)OC(=O)C2. The summed E-state index contributed by atoms with van der Waals surface area (Å²) < 4.78 is 4.96. The Morgan fingerprint density at radius 1 is 1.54 bits per heavy atom. The largest absolute Gasteiger partial charge is 0.426 e. The molecule has 1 aliphatic rings. The van der Waals surface area contributed by atoms with Crippen LogP contribution in [0, 0.1) is 0 Å². The third kappa shape index (κ3) is 1.54. The van der Waals surface area contributed by atoms with Crippen molar-refractivity contribution in [2.45, 2.75) is 13.0 Å². The molecule has 2 N–H and O–H groups in total. The average Bonchev–Trinajstić information content (AvgIpc) is 2.44. The van der Waals surface area contributed by atoms with E-state index in [9.17, 15) is 4.79 Å². The van der Waals surface area contributed by atoms with Crippen LogP contribution >= 0.6 is 0 Å². The number of hydrogen-bond donors (Lipinski definition) is 1. The molecule has 1 aromatic rings. The molecule has 1 aromatic carbocycles. The number of hydrogen-bond acceptors (Lipinski definition) is 4. The fourth-order valence-corrected chi connectivity index (χ4v) is 1.34. The summed E-state index contributed by atoms with van der Waals surface area (Å²) in [4.78, 5) is 15.4. The summed E-state index contributed by atoms with van der Waals surface area (Å²) in [7, 11) is 0. The Morgan fingerprint density at radius 3 is 3.15 bits per heavy atom. The molecule has 0 aliphatic carbocycles. The first-order valence-electron chi connectivity index (χ1n) is 3.94. The van der Waals surface area contributed by atoms with E-state index in [1.54, 1.807) is 6.07 Å². The monoisotopic (exact) mass is 179 g/mol. The van der Waals surface area contributed by atoms with Gasteiger partial charge in [-0.25, -0.2) is 5.90 Å². The quantitative estimate of drug-likeness (QED) is 0.409. The third-order valence-corrected chi connectivity index (χ3v) is 1.94. The molecule has 13 heavy (non-hydrogen) atoms. The van der Waals surface area contributed by atoms with Crippen LogP contribution in [-0.4, -0.2) is 5.97 Å². The highest BCUT2D eigenvalue weighted by atomic mass is 16.6. The summed E-state index contributed by atoms with van der Waals surface area (Å²) in [5.74, 6) is 5.34. The van der Waals surface area contributed by atoms with Gasteiger partial charge in [-0.3, -0.25) is 9.63 Å². The number of carbonyl (C=O) groups is 1. The zero-order chi connectivity index (χ0) is 9.26. The van der Waals surface area contributed by atoms with Crippen LogP contribution in [0.2, 0.25) is 0 Å². The van der Waals surface area contributed by atoms with Crippen LogP contribution in [0.25, 0.3) is 0 Å². The molecule has 0 atom stereocenters. The van der Waals surface area contributed by atoms with Crippen molar-refractivity contribution in [3.05, 3.63) is 29.3 Å². The Bertz CT molecular complexity index is 349. The van der Waals surface area contributed by atoms with Crippen molar-refractivity contribution in [2.24, 2.45) is 5.90 Å². The molecular formula is C9H9NO3. The van der Waals surface area contributed by atoms with Crippen molar-refractivity contribution in [3.63, 3.8) is 0 Å². The maximum atomic E-state index is 10.9. The maximum absolute atomic E-state index is 10.9. The Hall–Kier alpha value is -1.39. The number of ether oxygens (including phenoxy) is 1. The number of fused-ring (bicyclic) bond motifs is 1. The highest BCUT2D eigenvalue weighted by Crippen LogP contribution is 2.26. The lowest BCUT2D eigenvalue weighted by molar-refractivity contribution is -0.131. The van der Waals surface area contributed by atoms with E-state index in [4.69, 9.17) is 10.6 Å². The van der Waals surface area contributed by atoms with Gasteiger partial charge in [-0.2, -0.15) is 0 Å². The molecule has 4 nitrogen and oxygen atoms in total. The average molecular weight is 179 g/mol. The van der Waals surface area contributed by atoms with Crippen LogP contribution in [0.4, 0.5) is 0 Å². The topological polar surface area (TPSA) is 61.6 Å². The van der Waals surface area contributed by atoms with Crippen LogP contribution in [0.5, 0.6) is 5.75 Å². The standard InChI is InChI=1S/C9H9NO3/c10-12-5-6-1-2-7-4-9(11)13-8(7)3-6/h1-3H,4-5,10H2. The highest BCUT2D eigenvalue weighted by Gasteiger charge is 2.19. The zero-order valence-corrected chi connectivity index (χ0v) is 6.95. The molecule has 0 fully saturated rings. The Morgan fingerprint density at radius 2 is 2.38 bits per heavy atom. The molecule has 0 bridgehead atoms. The number of rotatable bonds is 2. The smallest absolute Gasteiger partial charge is 0.315 e. The van der Waals surface area contributed by atoms with Crippen LogP contribution in [0.1, 0.15) is 11.1 Å². The molecule has 0 unspecified atom stereocenters. The summed E-state index contributed by atoms with van der Waals surface area (Å²) in [5.41, 5.74) is 1.82. The van der Waals surface area contributed by atoms with Crippen LogP contribution in [-0.2, 0) is 22.7 Å². The number of nitrogens with two attached hydrogens (primary N) is 1. The Labute approximate surface area is 75.2 Å². The predicted octanol–water partition coefficient (Wildman–Crippen LogP) is 0.538. The van der Waals surface area contributed by atoms with E-state index in [1.165, 1.54) is 0 Å². The first kappa shape index (κ1) is 8.22. The predicted molar refractivity (Wildman–Crippen MR) is 44.8 cm³/mol. The number of carbonyl (C=O) groups excluding carboxylic acids is 1. The number of benzene rings is 1. The van der Waals surface area contributed by atoms with Crippen LogP contribution in [0.15, 0.2) is 18.2 Å². The molecular weight excluding hydrogens is 170 g/mol. The van der Waals surface area contributed by atoms with E-state index >= 15 is 0 Å². The summed E-state index contributed by atoms with van der Waals surface area (Å²) in [6.45, 7) is 0.324. The minimum Gasteiger partial charge on any atom is -0.426 e. The molecule has 0 spiro atoms. The molecule has 1 aliphatic heterocycles. The fraction of sp³-hybridized carbons (Fsp3) is 0.222. The van der Waals surface area contributed by atoms with Gasteiger partial charge in [0.15, 0.2) is 0 Å². The molecule has 2 rings (SSSR count). The third-order valence-electron chi connectivity index (χ3n) is 1.94. The van der Waals surface area contributed by atoms with Gasteiger partial charge in [0.1, 0.15) is 5.75 Å². The summed E-state index contributed by atoms with van der Waals surface area (Å²) >= 11 is 0. The van der Waals surface area contributed by atoms with Crippen molar-refractivity contribution in [3.8, 4) is 5.75 Å². The van der Waals surface area contributed by atoms with Gasteiger partial charge in [-0.15, -0.1) is 0 Å². The first-order valence-corrected chi connectivity index (χ1v) is 3.94. The zero-order valence-electron chi connectivity index (χ0n) is 6.95. The number of esters is 1. The fourth-order valence-electron chi connectivity index (χ4n) is 1.34. The van der Waals surface area contributed by atoms with Gasteiger partial charge < -0.3 is 4.74 Å². The molecule has 4 heteroatoms. The van der Waals surface area contributed by atoms with Crippen LogP contribution in [0.3, 0.4) is 0 Å². The highest BCUT2D eigenvalue weighted by molar-refractivity contribution is 5.80. The second-order valence-corrected chi connectivity index (χ2v) is 2.90. The second-order valence-electron chi connectivity index (χ2n) is 2.90. The van der Waals surface area contributed by atoms with Gasteiger partial charge in [0.05, 0.1) is 13.0 Å². The molecule has 0 amide bonds. The van der Waals surface area contributed by atoms with Gasteiger partial charge in [-0.05, 0) is 11.6 Å². The van der Waals surface area contributed by atoms with E-state index in [1.807, 2.05) is 12.1 Å². The first-order chi connectivity index (χ1) is 6.29. The van der Waals surface area contributed by atoms with E-state index in [0.29, 0.717) is 18.8 Å². The summed E-state index contributed by atoms with van der Waals surface area (Å²) in [5, 5.41) is 0. The van der Waals surface area contributed by atoms with Crippen molar-refractivity contribution >= 4 is 5.97 Å². The van der Waals surface area contributed by atoms with Crippen molar-refractivity contribution in [2.75, 3.05) is 0 Å². The van der Waals surface area contributed by atoms with Crippen molar-refractivity contribution < 1.29 is 14.4 Å². The van der Waals surface area contributed by atoms with E-state index in [2.05, 4.69) is 4.84 Å². The van der Waals surface area contributed by atoms with Gasteiger partial charge in [-0.1, -0.05) is 12.1 Å². The van der Waals surface area contributed by atoms with E-state index < -0.39 is 0 Å². The normalized spacial score (nSPS) is 14.1. The lowest BCUT2D eigenvalue weighted by Gasteiger charge is -2.01. The lowest BCUT2D eigenvalue weighted by Crippen LogP contribution is -2.00. The minimum atomic E-state index is -0.208. The Kier molecular flexibility index (Phi) is 2.00. The second kappa shape index (κ2) is 3.16. The van der Waals surface area contributed by atoms with Gasteiger partial charge in [0, 0.05) is 5.56 Å². The minimum absolute atomic E-state index is 0.208. The van der Waals surface area contributed by atoms with Gasteiger partial charge in [0.2, 0.25) is 0 Å². The molecule has 68 valence electrons. The molecule has 0 saturated carbocycles. The van der Waals surface area contributed by atoms with Crippen LogP contribution < -0.4 is 10.6 Å². The molecule has 0 radical (unpaired) electrons. The van der Waals surface area contributed by atoms with Crippen molar-refractivity contribution in [1.29, 1.82) is 0 Å². The van der Waals surface area contributed by atoms with Gasteiger partial charge >= 0.3 is 5.97 Å². The Balaban J connectivity index is 2.29. The van der Waals surface area contributed by atoms with E-state index in [-0.39, 0.29) is 5.97 Å². The molecule has 1 heterocycles. The molecule has 0 aromatic heterocycles. The van der Waals surface area contributed by atoms with Gasteiger partial charge in [0.25, 0.3) is 0 Å². The molecule has 0 saturated heterocycles.